The zero-order chi connectivity index (χ0) is 19.4. The molecule has 0 N–H and O–H groups in total. The minimum atomic E-state index is -0.439. The molecule has 0 aromatic heterocycles. The van der Waals surface area contributed by atoms with Crippen molar-refractivity contribution in [3.63, 3.8) is 0 Å². The summed E-state index contributed by atoms with van der Waals surface area (Å²) in [6, 6.07) is 12.5. The predicted molar refractivity (Wildman–Crippen MR) is 103 cm³/mol. The van der Waals surface area contributed by atoms with Crippen LogP contribution in [0.25, 0.3) is 0 Å². The van der Waals surface area contributed by atoms with Gasteiger partial charge in [-0.05, 0) is 30.7 Å². The van der Waals surface area contributed by atoms with Crippen LogP contribution in [0.15, 0.2) is 42.5 Å². The molecular weight excluding hydrogens is 346 g/mol. The third-order valence-corrected chi connectivity index (χ3v) is 4.74. The Morgan fingerprint density at radius 3 is 2.59 bits per heavy atom. The van der Waals surface area contributed by atoms with Crippen LogP contribution in [0.4, 0.5) is 11.4 Å². The summed E-state index contributed by atoms with van der Waals surface area (Å²) in [6.07, 6.45) is 0. The van der Waals surface area contributed by atoms with Crippen LogP contribution < -0.4 is 4.90 Å². The predicted octanol–water partition coefficient (Wildman–Crippen LogP) is 3.01. The number of nitrogens with zero attached hydrogens (tertiary/aromatic N) is 3. The van der Waals surface area contributed by atoms with E-state index in [-0.39, 0.29) is 11.6 Å². The van der Waals surface area contributed by atoms with E-state index in [0.29, 0.717) is 30.9 Å². The van der Waals surface area contributed by atoms with Crippen molar-refractivity contribution in [2.75, 3.05) is 38.3 Å². The zero-order valence-electron chi connectivity index (χ0n) is 15.6. The van der Waals surface area contributed by atoms with E-state index in [2.05, 4.69) is 11.0 Å². The Bertz CT molecular complexity index is 847. The molecule has 1 heterocycles. The molecule has 0 saturated carbocycles. The minimum Gasteiger partial charge on any atom is -0.378 e. The van der Waals surface area contributed by atoms with Crippen molar-refractivity contribution in [3.8, 4) is 0 Å². The first-order chi connectivity index (χ1) is 13.0. The molecule has 1 saturated heterocycles. The van der Waals surface area contributed by atoms with Gasteiger partial charge in [-0.1, -0.05) is 18.2 Å². The molecule has 7 nitrogen and oxygen atoms in total. The molecule has 0 bridgehead atoms. The highest BCUT2D eigenvalue weighted by Crippen LogP contribution is 2.24. The Morgan fingerprint density at radius 2 is 1.93 bits per heavy atom. The highest BCUT2D eigenvalue weighted by molar-refractivity contribution is 5.94. The van der Waals surface area contributed by atoms with Crippen LogP contribution >= 0.6 is 0 Å². The normalized spacial score (nSPS) is 14.1. The van der Waals surface area contributed by atoms with Gasteiger partial charge in [0, 0.05) is 49.6 Å². The first-order valence-electron chi connectivity index (χ1n) is 8.88. The monoisotopic (exact) mass is 369 g/mol. The molecule has 142 valence electrons. The average Bonchev–Trinajstić information content (AvgIpc) is 2.68. The lowest BCUT2D eigenvalue weighted by Gasteiger charge is -2.31. The number of hydrogen-bond acceptors (Lipinski definition) is 5. The summed E-state index contributed by atoms with van der Waals surface area (Å²) in [4.78, 5) is 27.2. The van der Waals surface area contributed by atoms with Gasteiger partial charge in [0.15, 0.2) is 0 Å². The summed E-state index contributed by atoms with van der Waals surface area (Å²) in [6.45, 7) is 5.16. The molecular formula is C20H23N3O4. The summed E-state index contributed by atoms with van der Waals surface area (Å²) in [5.74, 6) is -0.162. The molecule has 1 aliphatic rings. The number of hydrogen-bond donors (Lipinski definition) is 0. The van der Waals surface area contributed by atoms with Crippen LogP contribution in [-0.2, 0) is 11.3 Å². The lowest BCUT2D eigenvalue weighted by Crippen LogP contribution is -2.37. The van der Waals surface area contributed by atoms with Gasteiger partial charge >= 0.3 is 0 Å². The summed E-state index contributed by atoms with van der Waals surface area (Å²) in [7, 11) is 1.75. The molecule has 0 radical (unpaired) electrons. The number of benzene rings is 2. The van der Waals surface area contributed by atoms with Crippen LogP contribution in [0.2, 0.25) is 0 Å². The molecule has 2 aromatic rings. The Kier molecular flexibility index (Phi) is 5.71. The second-order valence-corrected chi connectivity index (χ2v) is 6.65. The van der Waals surface area contributed by atoms with Gasteiger partial charge in [-0.25, -0.2) is 0 Å². The van der Waals surface area contributed by atoms with Gasteiger partial charge in [-0.2, -0.15) is 0 Å². The van der Waals surface area contributed by atoms with E-state index < -0.39 is 4.92 Å². The maximum Gasteiger partial charge on any atom is 0.272 e. The maximum atomic E-state index is 12.8. The number of nitro groups is 1. The summed E-state index contributed by atoms with van der Waals surface area (Å²) in [5.41, 5.74) is 3.12. The van der Waals surface area contributed by atoms with Gasteiger partial charge in [-0.15, -0.1) is 0 Å². The molecule has 3 rings (SSSR count). The molecule has 1 aliphatic heterocycles. The van der Waals surface area contributed by atoms with Gasteiger partial charge < -0.3 is 14.5 Å². The number of nitro benzene ring substituents is 1. The molecule has 2 aromatic carbocycles. The summed E-state index contributed by atoms with van der Waals surface area (Å²) >= 11 is 0. The smallest absolute Gasteiger partial charge is 0.272 e. The van der Waals surface area contributed by atoms with Crippen molar-refractivity contribution in [1.82, 2.24) is 4.90 Å². The number of amides is 1. The Balaban J connectivity index is 1.77. The van der Waals surface area contributed by atoms with E-state index in [4.69, 9.17) is 4.74 Å². The standard InChI is InChI=1S/C20H23N3O4/c1-15-13-16(7-8-18(15)23(25)26)20(24)21(2)14-17-5-3-4-6-19(17)22-9-11-27-12-10-22/h3-8,13H,9-12,14H2,1-2H3. The van der Waals surface area contributed by atoms with Crippen LogP contribution in [0.1, 0.15) is 21.5 Å². The number of ether oxygens (including phenoxy) is 1. The van der Waals surface area contributed by atoms with Gasteiger partial charge in [0.1, 0.15) is 0 Å². The number of carbonyl (C=O) groups excluding carboxylic acids is 1. The number of anilines is 1. The van der Waals surface area contributed by atoms with Crippen LogP contribution in [0.3, 0.4) is 0 Å². The van der Waals surface area contributed by atoms with E-state index in [1.54, 1.807) is 24.9 Å². The van der Waals surface area contributed by atoms with E-state index in [9.17, 15) is 14.9 Å². The van der Waals surface area contributed by atoms with E-state index in [0.717, 1.165) is 24.3 Å². The average molecular weight is 369 g/mol. The third kappa shape index (κ3) is 4.25. The number of rotatable bonds is 5. The maximum absolute atomic E-state index is 12.8. The number of aryl methyl sites for hydroxylation is 1. The molecule has 27 heavy (non-hydrogen) atoms. The van der Waals surface area contributed by atoms with Crippen molar-refractivity contribution < 1.29 is 14.5 Å². The van der Waals surface area contributed by atoms with E-state index >= 15 is 0 Å². The van der Waals surface area contributed by atoms with Crippen LogP contribution in [-0.4, -0.2) is 49.1 Å². The fourth-order valence-corrected chi connectivity index (χ4v) is 3.30. The number of para-hydroxylation sites is 1. The quantitative estimate of drug-likeness (QED) is 0.598. The highest BCUT2D eigenvalue weighted by atomic mass is 16.6. The highest BCUT2D eigenvalue weighted by Gasteiger charge is 2.19. The zero-order valence-corrected chi connectivity index (χ0v) is 15.6. The fourth-order valence-electron chi connectivity index (χ4n) is 3.30. The van der Waals surface area contributed by atoms with Crippen molar-refractivity contribution in [1.29, 1.82) is 0 Å². The molecule has 0 unspecified atom stereocenters. The summed E-state index contributed by atoms with van der Waals surface area (Å²) in [5, 5.41) is 11.0. The van der Waals surface area contributed by atoms with Crippen molar-refractivity contribution in [2.45, 2.75) is 13.5 Å². The van der Waals surface area contributed by atoms with Gasteiger partial charge in [-0.3, -0.25) is 14.9 Å². The van der Waals surface area contributed by atoms with Crippen molar-refractivity contribution >= 4 is 17.3 Å². The SMILES string of the molecule is Cc1cc(C(=O)N(C)Cc2ccccc2N2CCOCC2)ccc1[N+](=O)[O-]. The van der Waals surface area contributed by atoms with E-state index in [1.807, 2.05) is 18.2 Å². The first-order valence-corrected chi connectivity index (χ1v) is 8.88. The molecule has 0 atom stereocenters. The molecule has 0 aliphatic carbocycles. The lowest BCUT2D eigenvalue weighted by molar-refractivity contribution is -0.385. The molecule has 0 spiro atoms. The number of morpholine rings is 1. The molecule has 1 amide bonds. The fraction of sp³-hybridized carbons (Fsp3) is 0.350. The van der Waals surface area contributed by atoms with Gasteiger partial charge in [0.25, 0.3) is 11.6 Å². The third-order valence-electron chi connectivity index (χ3n) is 4.74. The van der Waals surface area contributed by atoms with Gasteiger partial charge in [0.2, 0.25) is 0 Å². The topological polar surface area (TPSA) is 75.9 Å². The van der Waals surface area contributed by atoms with Crippen LogP contribution in [0, 0.1) is 17.0 Å². The Hall–Kier alpha value is -2.93. The Morgan fingerprint density at radius 1 is 1.22 bits per heavy atom. The minimum absolute atomic E-state index is 0.0202. The van der Waals surface area contributed by atoms with Crippen LogP contribution in [0.5, 0.6) is 0 Å². The second-order valence-electron chi connectivity index (χ2n) is 6.65. The van der Waals surface area contributed by atoms with Crippen molar-refractivity contribution in [3.05, 3.63) is 69.3 Å². The van der Waals surface area contributed by atoms with E-state index in [1.165, 1.54) is 12.1 Å². The van der Waals surface area contributed by atoms with Gasteiger partial charge in [0.05, 0.1) is 18.1 Å². The first kappa shape index (κ1) is 18.8. The molecule has 7 heteroatoms. The molecule has 1 fully saturated rings. The second kappa shape index (κ2) is 8.18. The lowest BCUT2D eigenvalue weighted by atomic mass is 10.1. The largest absolute Gasteiger partial charge is 0.378 e. The number of carbonyl (C=O) groups is 1. The Labute approximate surface area is 158 Å². The van der Waals surface area contributed by atoms with Crippen molar-refractivity contribution in [2.24, 2.45) is 0 Å². The summed E-state index contributed by atoms with van der Waals surface area (Å²) < 4.78 is 5.42.